The molecule has 0 aliphatic carbocycles. The zero-order valence-electron chi connectivity index (χ0n) is 11.8. The number of hydrogen-bond donors (Lipinski definition) is 2. The summed E-state index contributed by atoms with van der Waals surface area (Å²) >= 11 is 1.13. The summed E-state index contributed by atoms with van der Waals surface area (Å²) in [6, 6.07) is 14.6. The number of amides is 1. The molecule has 3 rings (SSSR count). The van der Waals surface area contributed by atoms with Crippen molar-refractivity contribution in [1.29, 1.82) is 0 Å². The molecule has 0 spiro atoms. The van der Waals surface area contributed by atoms with Crippen LogP contribution >= 0.6 is 11.7 Å². The largest absolute Gasteiger partial charge is 0.388 e. The van der Waals surface area contributed by atoms with E-state index in [0.717, 1.165) is 28.3 Å². The Balaban J connectivity index is 1.56. The fourth-order valence-electron chi connectivity index (χ4n) is 2.19. The quantitative estimate of drug-likeness (QED) is 0.759. The van der Waals surface area contributed by atoms with Gasteiger partial charge in [0.05, 0.1) is 17.8 Å². The smallest absolute Gasteiger partial charge is 0.251 e. The van der Waals surface area contributed by atoms with E-state index in [4.69, 9.17) is 0 Å². The Morgan fingerprint density at radius 1 is 1.14 bits per heavy atom. The Morgan fingerprint density at radius 3 is 2.73 bits per heavy atom. The number of benzene rings is 2. The Kier molecular flexibility index (Phi) is 4.41. The first-order chi connectivity index (χ1) is 10.7. The summed E-state index contributed by atoms with van der Waals surface area (Å²) in [6.45, 7) is 0.405. The molecule has 22 heavy (non-hydrogen) atoms. The zero-order chi connectivity index (χ0) is 15.4. The monoisotopic (exact) mass is 313 g/mol. The minimum absolute atomic E-state index is 0.171. The SMILES string of the molecule is O=C(NCC[C@H](O)c1ccccc1)c1ccc2nsnc2c1. The second-order valence-electron chi connectivity index (χ2n) is 4.94. The van der Waals surface area contributed by atoms with Crippen molar-refractivity contribution in [3.63, 3.8) is 0 Å². The molecule has 5 nitrogen and oxygen atoms in total. The van der Waals surface area contributed by atoms with Gasteiger partial charge >= 0.3 is 0 Å². The van der Waals surface area contributed by atoms with Crippen LogP contribution < -0.4 is 5.32 Å². The highest BCUT2D eigenvalue weighted by molar-refractivity contribution is 7.00. The van der Waals surface area contributed by atoms with E-state index in [2.05, 4.69) is 14.1 Å². The van der Waals surface area contributed by atoms with E-state index in [9.17, 15) is 9.90 Å². The Bertz CT molecular complexity index is 773. The molecule has 1 atom stereocenters. The number of carbonyl (C=O) groups is 1. The van der Waals surface area contributed by atoms with Crippen LogP contribution in [0.4, 0.5) is 0 Å². The zero-order valence-corrected chi connectivity index (χ0v) is 12.6. The van der Waals surface area contributed by atoms with Crippen molar-refractivity contribution in [2.45, 2.75) is 12.5 Å². The van der Waals surface area contributed by atoms with E-state index < -0.39 is 6.10 Å². The molecule has 0 unspecified atom stereocenters. The second-order valence-corrected chi connectivity index (χ2v) is 5.47. The molecule has 0 aliphatic rings. The summed E-state index contributed by atoms with van der Waals surface area (Å²) in [7, 11) is 0. The molecule has 0 saturated heterocycles. The molecule has 112 valence electrons. The van der Waals surface area contributed by atoms with Gasteiger partial charge in [-0.3, -0.25) is 4.79 Å². The molecule has 1 aromatic heterocycles. The maximum absolute atomic E-state index is 12.1. The van der Waals surface area contributed by atoms with Gasteiger partial charge in [-0.2, -0.15) is 8.75 Å². The minimum Gasteiger partial charge on any atom is -0.388 e. The summed E-state index contributed by atoms with van der Waals surface area (Å²) in [4.78, 5) is 12.1. The van der Waals surface area contributed by atoms with Crippen LogP contribution in [0, 0.1) is 0 Å². The third-order valence-corrected chi connectivity index (χ3v) is 3.96. The molecule has 0 fully saturated rings. The normalized spacial score (nSPS) is 12.2. The van der Waals surface area contributed by atoms with Crippen molar-refractivity contribution in [1.82, 2.24) is 14.1 Å². The van der Waals surface area contributed by atoms with Crippen molar-refractivity contribution < 1.29 is 9.90 Å². The Morgan fingerprint density at radius 2 is 1.91 bits per heavy atom. The van der Waals surface area contributed by atoms with Gasteiger partial charge in [0.1, 0.15) is 11.0 Å². The average Bonchev–Trinajstić information content (AvgIpc) is 3.03. The third-order valence-electron chi connectivity index (χ3n) is 3.40. The first kappa shape index (κ1) is 14.6. The number of aromatic nitrogens is 2. The van der Waals surface area contributed by atoms with Crippen molar-refractivity contribution >= 4 is 28.7 Å². The van der Waals surface area contributed by atoms with Gasteiger partial charge in [-0.25, -0.2) is 0 Å². The van der Waals surface area contributed by atoms with Gasteiger partial charge in [0.25, 0.3) is 5.91 Å². The Labute approximate surface area is 131 Å². The number of aliphatic hydroxyl groups excluding tert-OH is 1. The predicted molar refractivity (Wildman–Crippen MR) is 85.8 cm³/mol. The number of fused-ring (bicyclic) bond motifs is 1. The van der Waals surface area contributed by atoms with Gasteiger partial charge in [-0.1, -0.05) is 30.3 Å². The molecule has 3 aromatic rings. The lowest BCUT2D eigenvalue weighted by Crippen LogP contribution is -2.25. The summed E-state index contributed by atoms with van der Waals surface area (Å²) < 4.78 is 8.22. The predicted octanol–water partition coefficient (Wildman–Crippen LogP) is 2.54. The lowest BCUT2D eigenvalue weighted by atomic mass is 10.1. The lowest BCUT2D eigenvalue weighted by molar-refractivity contribution is 0.0943. The molecule has 0 saturated carbocycles. The van der Waals surface area contributed by atoms with Crippen LogP contribution in [0.1, 0.15) is 28.4 Å². The fraction of sp³-hybridized carbons (Fsp3) is 0.188. The molecule has 0 bridgehead atoms. The van der Waals surface area contributed by atoms with E-state index in [0.29, 0.717) is 18.5 Å². The van der Waals surface area contributed by atoms with Gasteiger partial charge in [0.2, 0.25) is 0 Å². The van der Waals surface area contributed by atoms with E-state index >= 15 is 0 Å². The highest BCUT2D eigenvalue weighted by atomic mass is 32.1. The van der Waals surface area contributed by atoms with E-state index in [1.54, 1.807) is 18.2 Å². The minimum atomic E-state index is -0.577. The maximum Gasteiger partial charge on any atom is 0.251 e. The van der Waals surface area contributed by atoms with Crippen LogP contribution in [-0.4, -0.2) is 26.3 Å². The van der Waals surface area contributed by atoms with Crippen LogP contribution in [-0.2, 0) is 0 Å². The highest BCUT2D eigenvalue weighted by Gasteiger charge is 2.10. The van der Waals surface area contributed by atoms with Crippen LogP contribution in [0.2, 0.25) is 0 Å². The topological polar surface area (TPSA) is 75.1 Å². The van der Waals surface area contributed by atoms with Crippen molar-refractivity contribution in [2.75, 3.05) is 6.54 Å². The summed E-state index contributed by atoms with van der Waals surface area (Å²) in [6.07, 6.45) is -0.109. The van der Waals surface area contributed by atoms with E-state index in [1.807, 2.05) is 30.3 Å². The van der Waals surface area contributed by atoms with Crippen molar-refractivity contribution in [2.24, 2.45) is 0 Å². The molecule has 0 radical (unpaired) electrons. The van der Waals surface area contributed by atoms with Crippen molar-refractivity contribution in [3.05, 3.63) is 59.7 Å². The summed E-state index contributed by atoms with van der Waals surface area (Å²) in [5.74, 6) is -0.171. The van der Waals surface area contributed by atoms with Crippen LogP contribution in [0.15, 0.2) is 48.5 Å². The lowest BCUT2D eigenvalue weighted by Gasteiger charge is -2.11. The molecule has 2 N–H and O–H groups in total. The number of nitrogens with zero attached hydrogens (tertiary/aromatic N) is 2. The Hall–Kier alpha value is -2.31. The fourth-order valence-corrected chi connectivity index (χ4v) is 2.71. The number of hydrogen-bond acceptors (Lipinski definition) is 5. The molecule has 1 heterocycles. The summed E-state index contributed by atoms with van der Waals surface area (Å²) in [5.41, 5.74) is 2.92. The molecule has 2 aromatic carbocycles. The average molecular weight is 313 g/mol. The first-order valence-electron chi connectivity index (χ1n) is 6.97. The van der Waals surface area contributed by atoms with Gasteiger partial charge < -0.3 is 10.4 Å². The van der Waals surface area contributed by atoms with Crippen LogP contribution in [0.3, 0.4) is 0 Å². The maximum atomic E-state index is 12.1. The molecule has 6 heteroatoms. The molecular weight excluding hydrogens is 298 g/mol. The number of rotatable bonds is 5. The van der Waals surface area contributed by atoms with E-state index in [-0.39, 0.29) is 5.91 Å². The molecular formula is C16H15N3O2S. The second kappa shape index (κ2) is 6.64. The van der Waals surface area contributed by atoms with Crippen LogP contribution in [0.5, 0.6) is 0 Å². The number of carbonyl (C=O) groups excluding carboxylic acids is 1. The molecule has 0 aliphatic heterocycles. The van der Waals surface area contributed by atoms with Gasteiger partial charge in [-0.15, -0.1) is 0 Å². The number of aliphatic hydroxyl groups is 1. The molecule has 1 amide bonds. The summed E-state index contributed by atoms with van der Waals surface area (Å²) in [5, 5.41) is 12.9. The standard InChI is InChI=1S/C16H15N3O2S/c20-15(11-4-2-1-3-5-11)8-9-17-16(21)12-6-7-13-14(10-12)19-22-18-13/h1-7,10,15,20H,8-9H2,(H,17,21)/t15-/m0/s1. The first-order valence-corrected chi connectivity index (χ1v) is 7.70. The van der Waals surface area contributed by atoms with Gasteiger partial charge in [-0.05, 0) is 30.2 Å². The van der Waals surface area contributed by atoms with Gasteiger partial charge in [0.15, 0.2) is 0 Å². The van der Waals surface area contributed by atoms with Crippen molar-refractivity contribution in [3.8, 4) is 0 Å². The number of nitrogens with one attached hydrogen (secondary N) is 1. The van der Waals surface area contributed by atoms with Crippen LogP contribution in [0.25, 0.3) is 11.0 Å². The third kappa shape index (κ3) is 3.29. The van der Waals surface area contributed by atoms with Gasteiger partial charge in [0, 0.05) is 12.1 Å². The van der Waals surface area contributed by atoms with E-state index in [1.165, 1.54) is 0 Å². The highest BCUT2D eigenvalue weighted by Crippen LogP contribution is 2.16.